The fourth-order valence-corrected chi connectivity index (χ4v) is 1.54. The van der Waals surface area contributed by atoms with Gasteiger partial charge in [0.15, 0.2) is 5.82 Å². The Labute approximate surface area is 102 Å². The number of rotatable bonds is 2. The van der Waals surface area contributed by atoms with Crippen molar-refractivity contribution in [3.63, 3.8) is 0 Å². The van der Waals surface area contributed by atoms with Gasteiger partial charge in [0.05, 0.1) is 19.7 Å². The summed E-state index contributed by atoms with van der Waals surface area (Å²) in [7, 11) is 1.26. The van der Waals surface area contributed by atoms with Gasteiger partial charge in [-0.2, -0.15) is 4.98 Å². The second-order valence-corrected chi connectivity index (χ2v) is 3.71. The lowest BCUT2D eigenvalue weighted by molar-refractivity contribution is -0.142. The van der Waals surface area contributed by atoms with E-state index in [0.29, 0.717) is 11.5 Å². The number of methoxy groups -OCH3 is 1. The van der Waals surface area contributed by atoms with Crippen LogP contribution in [0.5, 0.6) is 0 Å². The number of ether oxygens (including phenoxy) is 1. The van der Waals surface area contributed by atoms with E-state index >= 15 is 0 Å². The Kier molecular flexibility index (Phi) is 3.10. The molecule has 1 unspecified atom stereocenters. The topological polar surface area (TPSA) is 93.2 Å². The quantitative estimate of drug-likeness (QED) is 0.589. The SMILES string of the molecule is COC(=O)CC1Nc2nc(Cl)ncc2NC1=O. The lowest BCUT2D eigenvalue weighted by atomic mass is 10.1. The number of carbonyl (C=O) groups is 2. The predicted molar refractivity (Wildman–Crippen MR) is 59.7 cm³/mol. The minimum Gasteiger partial charge on any atom is -0.469 e. The van der Waals surface area contributed by atoms with Crippen LogP contribution in [0.15, 0.2) is 6.20 Å². The molecular weight excluding hydrogens is 248 g/mol. The van der Waals surface area contributed by atoms with E-state index in [2.05, 4.69) is 25.3 Å². The van der Waals surface area contributed by atoms with Crippen LogP contribution >= 0.6 is 11.6 Å². The van der Waals surface area contributed by atoms with E-state index in [1.807, 2.05) is 0 Å². The molecule has 0 radical (unpaired) electrons. The second kappa shape index (κ2) is 4.54. The monoisotopic (exact) mass is 256 g/mol. The van der Waals surface area contributed by atoms with Gasteiger partial charge in [-0.15, -0.1) is 0 Å². The van der Waals surface area contributed by atoms with Crippen LogP contribution in [0, 0.1) is 0 Å². The zero-order valence-corrected chi connectivity index (χ0v) is 9.61. The zero-order chi connectivity index (χ0) is 12.4. The third-order valence-corrected chi connectivity index (χ3v) is 2.43. The molecule has 90 valence electrons. The number of anilines is 2. The Morgan fingerprint density at radius 1 is 1.65 bits per heavy atom. The fourth-order valence-electron chi connectivity index (χ4n) is 1.41. The Morgan fingerprint density at radius 3 is 3.12 bits per heavy atom. The van der Waals surface area contributed by atoms with Crippen molar-refractivity contribution < 1.29 is 14.3 Å². The highest BCUT2D eigenvalue weighted by atomic mass is 35.5. The molecule has 2 N–H and O–H groups in total. The van der Waals surface area contributed by atoms with Gasteiger partial charge in [0.25, 0.3) is 0 Å². The summed E-state index contributed by atoms with van der Waals surface area (Å²) in [6, 6.07) is -0.721. The van der Waals surface area contributed by atoms with Crippen LogP contribution in [0.4, 0.5) is 11.5 Å². The van der Waals surface area contributed by atoms with E-state index in [0.717, 1.165) is 0 Å². The number of aromatic nitrogens is 2. The molecule has 1 atom stereocenters. The Bertz CT molecular complexity index is 479. The summed E-state index contributed by atoms with van der Waals surface area (Å²) in [4.78, 5) is 30.4. The molecule has 0 saturated carbocycles. The second-order valence-electron chi connectivity index (χ2n) is 3.37. The number of esters is 1. The van der Waals surface area contributed by atoms with Gasteiger partial charge in [0.2, 0.25) is 11.2 Å². The van der Waals surface area contributed by atoms with Crippen LogP contribution in [-0.2, 0) is 14.3 Å². The van der Waals surface area contributed by atoms with Gasteiger partial charge in [0, 0.05) is 0 Å². The van der Waals surface area contributed by atoms with E-state index in [1.54, 1.807) is 0 Å². The summed E-state index contributed by atoms with van der Waals surface area (Å²) in [5.74, 6) is -0.437. The normalized spacial score (nSPS) is 17.8. The highest BCUT2D eigenvalue weighted by molar-refractivity contribution is 6.28. The van der Waals surface area contributed by atoms with E-state index in [1.165, 1.54) is 13.3 Å². The van der Waals surface area contributed by atoms with Crippen molar-refractivity contribution >= 4 is 35.0 Å². The summed E-state index contributed by atoms with van der Waals surface area (Å²) in [6.07, 6.45) is 1.31. The van der Waals surface area contributed by atoms with Crippen molar-refractivity contribution in [1.29, 1.82) is 0 Å². The first-order valence-corrected chi connectivity index (χ1v) is 5.14. The number of carbonyl (C=O) groups excluding carboxylic acids is 2. The minimum absolute atomic E-state index is 0.0595. The first-order valence-electron chi connectivity index (χ1n) is 4.77. The van der Waals surface area contributed by atoms with Gasteiger partial charge in [-0.05, 0) is 11.6 Å². The molecule has 17 heavy (non-hydrogen) atoms. The van der Waals surface area contributed by atoms with Crippen LogP contribution in [-0.4, -0.2) is 35.0 Å². The van der Waals surface area contributed by atoms with Gasteiger partial charge < -0.3 is 15.4 Å². The smallest absolute Gasteiger partial charge is 0.308 e. The van der Waals surface area contributed by atoms with Crippen LogP contribution in [0.25, 0.3) is 0 Å². The maximum Gasteiger partial charge on any atom is 0.308 e. The van der Waals surface area contributed by atoms with Crippen molar-refractivity contribution in [3.05, 3.63) is 11.5 Å². The van der Waals surface area contributed by atoms with Gasteiger partial charge in [-0.25, -0.2) is 4.98 Å². The molecule has 0 saturated heterocycles. The predicted octanol–water partition coefficient (Wildman–Crippen LogP) is 0.426. The van der Waals surface area contributed by atoms with Crippen LogP contribution in [0.2, 0.25) is 5.28 Å². The van der Waals surface area contributed by atoms with Crippen molar-refractivity contribution in [2.45, 2.75) is 12.5 Å². The molecule has 0 spiro atoms. The van der Waals surface area contributed by atoms with Crippen LogP contribution < -0.4 is 10.6 Å². The number of fused-ring (bicyclic) bond motifs is 1. The Morgan fingerprint density at radius 2 is 2.41 bits per heavy atom. The maximum atomic E-state index is 11.6. The molecule has 1 aliphatic rings. The van der Waals surface area contributed by atoms with E-state index in [9.17, 15) is 9.59 Å². The van der Waals surface area contributed by atoms with Crippen molar-refractivity contribution in [1.82, 2.24) is 9.97 Å². The molecule has 0 aromatic carbocycles. The average Bonchev–Trinajstić information content (AvgIpc) is 2.30. The number of halogens is 1. The number of nitrogens with one attached hydrogen (secondary N) is 2. The number of amides is 1. The minimum atomic E-state index is -0.721. The number of nitrogens with zero attached hydrogens (tertiary/aromatic N) is 2. The van der Waals surface area contributed by atoms with Gasteiger partial charge >= 0.3 is 5.97 Å². The first-order chi connectivity index (χ1) is 8.10. The summed E-state index contributed by atoms with van der Waals surface area (Å²) >= 11 is 5.63. The molecule has 0 fully saturated rings. The number of hydrogen-bond acceptors (Lipinski definition) is 6. The molecule has 0 bridgehead atoms. The molecule has 8 heteroatoms. The van der Waals surface area contributed by atoms with Crippen molar-refractivity contribution in [2.24, 2.45) is 0 Å². The summed E-state index contributed by atoms with van der Waals surface area (Å²) in [5.41, 5.74) is 0.431. The molecule has 2 heterocycles. The zero-order valence-electron chi connectivity index (χ0n) is 8.86. The van der Waals surface area contributed by atoms with E-state index in [-0.39, 0.29) is 17.6 Å². The molecule has 2 rings (SSSR count). The highest BCUT2D eigenvalue weighted by Crippen LogP contribution is 2.25. The molecule has 1 aromatic heterocycles. The van der Waals surface area contributed by atoms with E-state index in [4.69, 9.17) is 11.6 Å². The third-order valence-electron chi connectivity index (χ3n) is 2.24. The molecule has 1 aliphatic heterocycles. The Hall–Kier alpha value is -1.89. The first kappa shape index (κ1) is 11.6. The molecule has 1 aromatic rings. The van der Waals surface area contributed by atoms with Crippen molar-refractivity contribution in [3.8, 4) is 0 Å². The number of hydrogen-bond donors (Lipinski definition) is 2. The molecule has 0 aliphatic carbocycles. The Balaban J connectivity index is 2.19. The van der Waals surface area contributed by atoms with Crippen LogP contribution in [0.3, 0.4) is 0 Å². The van der Waals surface area contributed by atoms with Gasteiger partial charge in [-0.3, -0.25) is 9.59 Å². The maximum absolute atomic E-state index is 11.6. The molecule has 1 amide bonds. The summed E-state index contributed by atoms with van der Waals surface area (Å²) in [6.45, 7) is 0. The lowest BCUT2D eigenvalue weighted by Gasteiger charge is -2.24. The molecular formula is C9H9ClN4O3. The fraction of sp³-hybridized carbons (Fsp3) is 0.333. The highest BCUT2D eigenvalue weighted by Gasteiger charge is 2.29. The van der Waals surface area contributed by atoms with Gasteiger partial charge in [0.1, 0.15) is 11.7 Å². The van der Waals surface area contributed by atoms with E-state index < -0.39 is 12.0 Å². The largest absolute Gasteiger partial charge is 0.469 e. The summed E-state index contributed by atoms with van der Waals surface area (Å²) < 4.78 is 4.50. The lowest BCUT2D eigenvalue weighted by Crippen LogP contribution is -2.41. The van der Waals surface area contributed by atoms with Crippen LogP contribution in [0.1, 0.15) is 6.42 Å². The van der Waals surface area contributed by atoms with Crippen molar-refractivity contribution in [2.75, 3.05) is 17.7 Å². The average molecular weight is 257 g/mol. The summed E-state index contributed by atoms with van der Waals surface area (Å²) in [5, 5.41) is 5.44. The van der Waals surface area contributed by atoms with Gasteiger partial charge in [-0.1, -0.05) is 0 Å². The third kappa shape index (κ3) is 2.44. The standard InChI is InChI=1S/C9H9ClN4O3/c1-17-6(15)2-4-8(16)13-5-3-11-9(10)14-7(5)12-4/h3-4H,2H2,1H3,(H,13,16)(H,11,12,14). The molecule has 7 nitrogen and oxygen atoms in total.